The van der Waals surface area contributed by atoms with Crippen LogP contribution in [0.15, 0.2) is 44.3 Å². The van der Waals surface area contributed by atoms with E-state index in [1.807, 2.05) is 31.2 Å². The van der Waals surface area contributed by atoms with Crippen LogP contribution in [0.25, 0.3) is 0 Å². The maximum atomic E-state index is 9.65. The molecule has 2 aromatic rings. The molecule has 0 spiro atoms. The fourth-order valence-corrected chi connectivity index (χ4v) is 2.98. The topological polar surface area (TPSA) is 32.6 Å². The lowest BCUT2D eigenvalue weighted by molar-refractivity contribution is 0.468. The van der Waals surface area contributed by atoms with E-state index < -0.39 is 0 Å². The van der Waals surface area contributed by atoms with Crippen molar-refractivity contribution in [3.05, 3.63) is 56.0 Å². The predicted octanol–water partition coefficient (Wildman–Crippen LogP) is 5.28. The van der Waals surface area contributed by atoms with Crippen LogP contribution in [0.4, 0.5) is 5.69 Å². The van der Waals surface area contributed by atoms with E-state index in [4.69, 9.17) is 0 Å². The summed E-state index contributed by atoms with van der Waals surface area (Å²) in [4.78, 5) is 4.48. The number of benzene rings is 2. The summed E-state index contributed by atoms with van der Waals surface area (Å²) in [6.45, 7) is 4.11. The van der Waals surface area contributed by atoms with Crippen molar-refractivity contribution in [1.29, 1.82) is 0 Å². The van der Waals surface area contributed by atoms with E-state index in [1.54, 1.807) is 6.21 Å². The summed E-state index contributed by atoms with van der Waals surface area (Å²) < 4.78 is 1.29. The Balaban J connectivity index is 2.32. The number of nitrogens with zero attached hydrogens (tertiary/aromatic N) is 1. The van der Waals surface area contributed by atoms with Crippen LogP contribution in [0.3, 0.4) is 0 Å². The largest absolute Gasteiger partial charge is 0.506 e. The molecule has 0 aromatic heterocycles. The average Bonchev–Trinajstić information content (AvgIpc) is 2.34. The number of aromatic hydroxyl groups is 1. The highest BCUT2D eigenvalue weighted by Gasteiger charge is 2.04. The Hall–Kier alpha value is -1.13. The van der Waals surface area contributed by atoms with Gasteiger partial charge in [0.15, 0.2) is 0 Å². The molecule has 0 bridgehead atoms. The maximum absolute atomic E-state index is 9.65. The van der Waals surface area contributed by atoms with Gasteiger partial charge in [-0.1, -0.05) is 17.7 Å². The molecule has 0 saturated heterocycles. The smallest absolute Gasteiger partial charge is 0.143 e. The van der Waals surface area contributed by atoms with Gasteiger partial charge in [-0.3, -0.25) is 4.99 Å². The number of halogens is 2. The highest BCUT2D eigenvalue weighted by Crippen LogP contribution is 2.33. The molecular weight excluding hydrogens is 370 g/mol. The van der Waals surface area contributed by atoms with Gasteiger partial charge in [0.05, 0.1) is 14.6 Å². The summed E-state index contributed by atoms with van der Waals surface area (Å²) in [6.07, 6.45) is 1.78. The lowest BCUT2D eigenvalue weighted by Gasteiger charge is -2.03. The van der Waals surface area contributed by atoms with E-state index >= 15 is 0 Å². The third-order valence-electron chi connectivity index (χ3n) is 2.74. The highest BCUT2D eigenvalue weighted by atomic mass is 79.9. The Kier molecular flexibility index (Phi) is 4.42. The molecule has 0 fully saturated rings. The molecule has 0 radical (unpaired) electrons. The average molecular weight is 383 g/mol. The minimum Gasteiger partial charge on any atom is -0.506 e. The molecule has 2 nitrogen and oxygen atoms in total. The van der Waals surface area contributed by atoms with Crippen molar-refractivity contribution in [1.82, 2.24) is 0 Å². The van der Waals surface area contributed by atoms with E-state index in [9.17, 15) is 5.11 Å². The Morgan fingerprint density at radius 2 is 1.68 bits per heavy atom. The van der Waals surface area contributed by atoms with E-state index in [0.29, 0.717) is 8.95 Å². The van der Waals surface area contributed by atoms with Gasteiger partial charge in [0.1, 0.15) is 5.75 Å². The van der Waals surface area contributed by atoms with Gasteiger partial charge >= 0.3 is 0 Å². The van der Waals surface area contributed by atoms with Crippen LogP contribution in [-0.2, 0) is 0 Å². The van der Waals surface area contributed by atoms with E-state index in [0.717, 1.165) is 16.8 Å². The SMILES string of the molecule is Cc1ccc(N=Cc2cc(Br)c(O)c(Br)c2)c(C)c1. The monoisotopic (exact) mass is 381 g/mol. The van der Waals surface area contributed by atoms with Crippen molar-refractivity contribution >= 4 is 43.8 Å². The zero-order valence-electron chi connectivity index (χ0n) is 10.6. The summed E-state index contributed by atoms with van der Waals surface area (Å²) in [5.41, 5.74) is 4.24. The number of hydrogen-bond donors (Lipinski definition) is 1. The van der Waals surface area contributed by atoms with Gasteiger partial charge in [0, 0.05) is 6.21 Å². The first kappa shape index (κ1) is 14.3. The molecule has 0 aliphatic heterocycles. The van der Waals surface area contributed by atoms with Crippen LogP contribution in [0.1, 0.15) is 16.7 Å². The fraction of sp³-hybridized carbons (Fsp3) is 0.133. The van der Waals surface area contributed by atoms with Crippen molar-refractivity contribution in [3.63, 3.8) is 0 Å². The quantitative estimate of drug-likeness (QED) is 0.703. The van der Waals surface area contributed by atoms with Crippen LogP contribution in [0.5, 0.6) is 5.75 Å². The molecule has 2 rings (SSSR count). The highest BCUT2D eigenvalue weighted by molar-refractivity contribution is 9.11. The molecular formula is C15H13Br2NO. The molecule has 0 aliphatic carbocycles. The Morgan fingerprint density at radius 3 is 2.26 bits per heavy atom. The number of hydrogen-bond acceptors (Lipinski definition) is 2. The number of phenolic OH excluding ortho intramolecular Hbond substituents is 1. The van der Waals surface area contributed by atoms with Crippen LogP contribution in [-0.4, -0.2) is 11.3 Å². The Morgan fingerprint density at radius 1 is 1.05 bits per heavy atom. The summed E-state index contributed by atoms with van der Waals surface area (Å²) in [5.74, 6) is 0.198. The maximum Gasteiger partial charge on any atom is 0.143 e. The molecule has 2 aromatic carbocycles. The molecule has 98 valence electrons. The zero-order chi connectivity index (χ0) is 14.0. The number of aryl methyl sites for hydroxylation is 2. The van der Waals surface area contributed by atoms with Crippen molar-refractivity contribution in [2.75, 3.05) is 0 Å². The molecule has 0 atom stereocenters. The third kappa shape index (κ3) is 3.45. The van der Waals surface area contributed by atoms with Crippen LogP contribution >= 0.6 is 31.9 Å². The standard InChI is InChI=1S/C15H13Br2NO/c1-9-3-4-14(10(2)5-9)18-8-11-6-12(16)15(19)13(17)7-11/h3-8,19H,1-2H3. The first-order valence-corrected chi connectivity index (χ1v) is 7.35. The molecule has 0 saturated carbocycles. The van der Waals surface area contributed by atoms with Gasteiger partial charge in [0.25, 0.3) is 0 Å². The minimum atomic E-state index is 0.198. The second kappa shape index (κ2) is 5.88. The van der Waals surface area contributed by atoms with Gasteiger partial charge < -0.3 is 5.11 Å². The molecule has 0 unspecified atom stereocenters. The summed E-state index contributed by atoms with van der Waals surface area (Å²) in [5, 5.41) is 9.65. The zero-order valence-corrected chi connectivity index (χ0v) is 13.8. The fourth-order valence-electron chi connectivity index (χ4n) is 1.75. The van der Waals surface area contributed by atoms with Crippen LogP contribution < -0.4 is 0 Å². The first-order chi connectivity index (χ1) is 8.97. The predicted molar refractivity (Wildman–Crippen MR) is 86.7 cm³/mol. The van der Waals surface area contributed by atoms with E-state index in [-0.39, 0.29) is 5.75 Å². The van der Waals surface area contributed by atoms with Crippen LogP contribution in [0, 0.1) is 13.8 Å². The van der Waals surface area contributed by atoms with Gasteiger partial charge in [-0.2, -0.15) is 0 Å². The summed E-state index contributed by atoms with van der Waals surface area (Å²) in [6, 6.07) is 9.81. The van der Waals surface area contributed by atoms with Gasteiger partial charge in [-0.25, -0.2) is 0 Å². The van der Waals surface area contributed by atoms with Gasteiger partial charge in [-0.05, 0) is 75.0 Å². The van der Waals surface area contributed by atoms with Crippen molar-refractivity contribution in [2.45, 2.75) is 13.8 Å². The molecule has 0 amide bonds. The molecule has 19 heavy (non-hydrogen) atoms. The summed E-state index contributed by atoms with van der Waals surface area (Å²) >= 11 is 6.61. The molecule has 0 heterocycles. The second-order valence-electron chi connectivity index (χ2n) is 4.38. The van der Waals surface area contributed by atoms with Crippen molar-refractivity contribution in [2.24, 2.45) is 4.99 Å². The number of phenols is 1. The Bertz CT molecular complexity index is 628. The van der Waals surface area contributed by atoms with Crippen molar-refractivity contribution < 1.29 is 5.11 Å². The lowest BCUT2D eigenvalue weighted by atomic mass is 10.1. The third-order valence-corrected chi connectivity index (χ3v) is 3.95. The molecule has 1 N–H and O–H groups in total. The molecule has 4 heteroatoms. The first-order valence-electron chi connectivity index (χ1n) is 5.76. The van der Waals surface area contributed by atoms with Gasteiger partial charge in [-0.15, -0.1) is 0 Å². The van der Waals surface area contributed by atoms with Gasteiger partial charge in [0.2, 0.25) is 0 Å². The van der Waals surface area contributed by atoms with E-state index in [1.165, 1.54) is 5.56 Å². The lowest BCUT2D eigenvalue weighted by Crippen LogP contribution is -1.84. The molecule has 0 aliphatic rings. The summed E-state index contributed by atoms with van der Waals surface area (Å²) in [7, 11) is 0. The number of aliphatic imine (C=N–C) groups is 1. The minimum absolute atomic E-state index is 0.198. The second-order valence-corrected chi connectivity index (χ2v) is 6.09. The van der Waals surface area contributed by atoms with Crippen LogP contribution in [0.2, 0.25) is 0 Å². The number of rotatable bonds is 2. The van der Waals surface area contributed by atoms with E-state index in [2.05, 4.69) is 49.8 Å². The normalized spacial score (nSPS) is 11.2. The Labute approximate surface area is 129 Å². The van der Waals surface area contributed by atoms with Crippen molar-refractivity contribution in [3.8, 4) is 5.75 Å².